The van der Waals surface area contributed by atoms with Crippen LogP contribution in [0.4, 0.5) is 0 Å². The Bertz CT molecular complexity index is 331. The Kier molecular flexibility index (Phi) is 3.32. The summed E-state index contributed by atoms with van der Waals surface area (Å²) in [5, 5.41) is 7.40. The molecule has 0 radical (unpaired) electrons. The summed E-state index contributed by atoms with van der Waals surface area (Å²) in [5.74, 6) is 2.70. The molecule has 1 aromatic rings. The summed E-state index contributed by atoms with van der Waals surface area (Å²) < 4.78 is 1.88. The van der Waals surface area contributed by atoms with E-state index in [2.05, 4.69) is 16.3 Å². The minimum Gasteiger partial charge on any atom is -0.301 e. The van der Waals surface area contributed by atoms with E-state index in [1.165, 1.54) is 5.69 Å². The largest absolute Gasteiger partial charge is 0.301 e. The lowest BCUT2D eigenvalue weighted by molar-refractivity contribution is 0.490. The fourth-order valence-electron chi connectivity index (χ4n) is 1.20. The molecule has 0 amide bonds. The van der Waals surface area contributed by atoms with E-state index in [4.69, 9.17) is 6.42 Å². The first kappa shape index (κ1) is 10.8. The van der Waals surface area contributed by atoms with Crippen LogP contribution in [0, 0.1) is 12.3 Å². The van der Waals surface area contributed by atoms with Crippen LogP contribution in [-0.2, 0) is 13.5 Å². The first-order valence-corrected chi connectivity index (χ1v) is 4.75. The molecule has 0 aliphatic heterocycles. The first-order chi connectivity index (χ1) is 6.55. The van der Waals surface area contributed by atoms with Crippen LogP contribution < -0.4 is 5.32 Å². The van der Waals surface area contributed by atoms with Gasteiger partial charge in [0.05, 0.1) is 5.54 Å². The second kappa shape index (κ2) is 4.30. The summed E-state index contributed by atoms with van der Waals surface area (Å²) in [6.45, 7) is 4.86. The molecule has 76 valence electrons. The fourth-order valence-corrected chi connectivity index (χ4v) is 1.20. The van der Waals surface area contributed by atoms with Gasteiger partial charge in [0.1, 0.15) is 0 Å². The quantitative estimate of drug-likeness (QED) is 0.719. The van der Waals surface area contributed by atoms with Crippen LogP contribution >= 0.6 is 0 Å². The van der Waals surface area contributed by atoms with Crippen LogP contribution in [0.15, 0.2) is 12.3 Å². The number of hydrogen-bond acceptors (Lipinski definition) is 2. The molecule has 3 heteroatoms. The Morgan fingerprint density at radius 3 is 2.86 bits per heavy atom. The van der Waals surface area contributed by atoms with Gasteiger partial charge in [0.25, 0.3) is 0 Å². The Hall–Kier alpha value is -1.27. The fraction of sp³-hybridized carbons (Fsp3) is 0.545. The lowest BCUT2D eigenvalue weighted by Gasteiger charge is -2.19. The van der Waals surface area contributed by atoms with Gasteiger partial charge in [-0.25, -0.2) is 0 Å². The first-order valence-electron chi connectivity index (χ1n) is 4.75. The molecule has 0 aliphatic rings. The Balaban J connectivity index is 2.37. The van der Waals surface area contributed by atoms with E-state index < -0.39 is 0 Å². The smallest absolute Gasteiger partial charge is 0.0741 e. The molecule has 0 spiro atoms. The van der Waals surface area contributed by atoms with E-state index in [9.17, 15) is 0 Å². The molecule has 0 aliphatic carbocycles. The molecule has 0 fully saturated rings. The minimum absolute atomic E-state index is 0.224. The summed E-state index contributed by atoms with van der Waals surface area (Å²) in [5.41, 5.74) is 0.990. The van der Waals surface area contributed by atoms with Crippen molar-refractivity contribution < 1.29 is 0 Å². The SMILES string of the molecule is C#CC(C)(C)NCCc1ccnn1C. The zero-order valence-corrected chi connectivity index (χ0v) is 9.04. The van der Waals surface area contributed by atoms with Crippen molar-refractivity contribution in [2.45, 2.75) is 25.8 Å². The molecule has 0 saturated carbocycles. The van der Waals surface area contributed by atoms with Crippen molar-refractivity contribution in [3.05, 3.63) is 18.0 Å². The predicted octanol–water partition coefficient (Wildman–Crippen LogP) is 0.964. The standard InChI is InChI=1S/C11H17N3/c1-5-11(2,3)12-8-6-10-7-9-13-14(10)4/h1,7,9,12H,6,8H2,2-4H3. The molecular formula is C11H17N3. The van der Waals surface area contributed by atoms with Crippen molar-refractivity contribution in [3.8, 4) is 12.3 Å². The van der Waals surface area contributed by atoms with E-state index in [-0.39, 0.29) is 5.54 Å². The summed E-state index contributed by atoms with van der Waals surface area (Å²) >= 11 is 0. The number of aromatic nitrogens is 2. The minimum atomic E-state index is -0.224. The number of nitrogens with one attached hydrogen (secondary N) is 1. The van der Waals surface area contributed by atoms with Crippen molar-refractivity contribution >= 4 is 0 Å². The van der Waals surface area contributed by atoms with E-state index >= 15 is 0 Å². The number of nitrogens with zero attached hydrogens (tertiary/aromatic N) is 2. The van der Waals surface area contributed by atoms with Crippen molar-refractivity contribution in [2.24, 2.45) is 7.05 Å². The van der Waals surface area contributed by atoms with Gasteiger partial charge in [0, 0.05) is 31.9 Å². The normalized spacial score (nSPS) is 11.3. The van der Waals surface area contributed by atoms with Crippen molar-refractivity contribution in [1.82, 2.24) is 15.1 Å². The second-order valence-electron chi connectivity index (χ2n) is 3.89. The van der Waals surface area contributed by atoms with Crippen LogP contribution in [0.3, 0.4) is 0 Å². The molecule has 3 nitrogen and oxygen atoms in total. The van der Waals surface area contributed by atoms with Crippen LogP contribution in [0.25, 0.3) is 0 Å². The number of aryl methyl sites for hydroxylation is 1. The molecule has 0 saturated heterocycles. The zero-order chi connectivity index (χ0) is 10.6. The van der Waals surface area contributed by atoms with Gasteiger partial charge in [-0.05, 0) is 19.9 Å². The topological polar surface area (TPSA) is 29.9 Å². The van der Waals surface area contributed by atoms with Crippen LogP contribution in [0.5, 0.6) is 0 Å². The van der Waals surface area contributed by atoms with E-state index in [0.717, 1.165) is 13.0 Å². The molecule has 1 rings (SSSR count). The van der Waals surface area contributed by atoms with E-state index in [0.29, 0.717) is 0 Å². The monoisotopic (exact) mass is 191 g/mol. The van der Waals surface area contributed by atoms with Gasteiger partial charge in [0.15, 0.2) is 0 Å². The van der Waals surface area contributed by atoms with Gasteiger partial charge < -0.3 is 5.32 Å². The van der Waals surface area contributed by atoms with Crippen LogP contribution in [0.2, 0.25) is 0 Å². The molecule has 0 aromatic carbocycles. The highest BCUT2D eigenvalue weighted by molar-refractivity contribution is 5.08. The highest BCUT2D eigenvalue weighted by Gasteiger charge is 2.11. The molecule has 0 atom stereocenters. The maximum absolute atomic E-state index is 5.37. The lowest BCUT2D eigenvalue weighted by Crippen LogP contribution is -2.38. The average molecular weight is 191 g/mol. The predicted molar refractivity (Wildman–Crippen MR) is 57.8 cm³/mol. The average Bonchev–Trinajstić information content (AvgIpc) is 2.52. The van der Waals surface area contributed by atoms with Crippen molar-refractivity contribution in [2.75, 3.05) is 6.54 Å². The Labute approximate surface area is 85.5 Å². The van der Waals surface area contributed by atoms with Gasteiger partial charge in [-0.1, -0.05) is 5.92 Å². The summed E-state index contributed by atoms with van der Waals surface area (Å²) in [4.78, 5) is 0. The van der Waals surface area contributed by atoms with Gasteiger partial charge in [-0.3, -0.25) is 4.68 Å². The summed E-state index contributed by atoms with van der Waals surface area (Å²) in [6, 6.07) is 2.02. The summed E-state index contributed by atoms with van der Waals surface area (Å²) in [6.07, 6.45) is 8.12. The highest BCUT2D eigenvalue weighted by Crippen LogP contribution is 2.01. The maximum atomic E-state index is 5.37. The lowest BCUT2D eigenvalue weighted by atomic mass is 10.1. The number of hydrogen-bond donors (Lipinski definition) is 1. The van der Waals surface area contributed by atoms with Gasteiger partial charge in [-0.2, -0.15) is 5.10 Å². The third kappa shape index (κ3) is 2.90. The molecule has 1 N–H and O–H groups in total. The maximum Gasteiger partial charge on any atom is 0.0741 e. The second-order valence-corrected chi connectivity index (χ2v) is 3.89. The molecule has 1 heterocycles. The van der Waals surface area contributed by atoms with Gasteiger partial charge in [0.2, 0.25) is 0 Å². The molecule has 0 bridgehead atoms. The summed E-state index contributed by atoms with van der Waals surface area (Å²) in [7, 11) is 1.95. The van der Waals surface area contributed by atoms with Crippen LogP contribution in [0.1, 0.15) is 19.5 Å². The molecule has 1 aromatic heterocycles. The molecule has 14 heavy (non-hydrogen) atoms. The molecular weight excluding hydrogens is 174 g/mol. The molecule has 0 unspecified atom stereocenters. The van der Waals surface area contributed by atoms with E-state index in [1.54, 1.807) is 0 Å². The Morgan fingerprint density at radius 1 is 1.64 bits per heavy atom. The van der Waals surface area contributed by atoms with Gasteiger partial charge >= 0.3 is 0 Å². The van der Waals surface area contributed by atoms with Crippen LogP contribution in [-0.4, -0.2) is 21.9 Å². The van der Waals surface area contributed by atoms with Crippen molar-refractivity contribution in [1.29, 1.82) is 0 Å². The Morgan fingerprint density at radius 2 is 2.36 bits per heavy atom. The third-order valence-corrected chi connectivity index (χ3v) is 2.23. The highest BCUT2D eigenvalue weighted by atomic mass is 15.3. The zero-order valence-electron chi connectivity index (χ0n) is 9.04. The van der Waals surface area contributed by atoms with Gasteiger partial charge in [-0.15, -0.1) is 6.42 Å². The third-order valence-electron chi connectivity index (χ3n) is 2.23. The van der Waals surface area contributed by atoms with E-state index in [1.807, 2.05) is 37.8 Å². The van der Waals surface area contributed by atoms with Crippen molar-refractivity contribution in [3.63, 3.8) is 0 Å². The number of rotatable bonds is 4. The number of terminal acetylenes is 1.